The van der Waals surface area contributed by atoms with Gasteiger partial charge in [-0.25, -0.2) is 4.39 Å². The molecule has 2 heterocycles. The van der Waals surface area contributed by atoms with Gasteiger partial charge >= 0.3 is 0 Å². The molecule has 0 aliphatic carbocycles. The van der Waals surface area contributed by atoms with Crippen LogP contribution >= 0.6 is 0 Å². The van der Waals surface area contributed by atoms with Gasteiger partial charge in [-0.1, -0.05) is 0 Å². The Morgan fingerprint density at radius 2 is 1.72 bits per heavy atom. The fourth-order valence-corrected chi connectivity index (χ4v) is 3.65. The Morgan fingerprint density at radius 3 is 2.32 bits per heavy atom. The van der Waals surface area contributed by atoms with Gasteiger partial charge in [0.05, 0.1) is 6.10 Å². The summed E-state index contributed by atoms with van der Waals surface area (Å²) in [5.41, 5.74) is 1.02. The Labute approximate surface area is 149 Å². The Morgan fingerprint density at radius 1 is 1.08 bits per heavy atom. The second-order valence-electron chi connectivity index (χ2n) is 6.87. The quantitative estimate of drug-likeness (QED) is 0.814. The van der Waals surface area contributed by atoms with Gasteiger partial charge in [-0.15, -0.1) is 0 Å². The molecule has 0 radical (unpaired) electrons. The molecule has 138 valence electrons. The number of carbonyl (C=O) groups is 1. The summed E-state index contributed by atoms with van der Waals surface area (Å²) < 4.78 is 18.4. The number of methoxy groups -OCH3 is 1. The van der Waals surface area contributed by atoms with Crippen molar-refractivity contribution in [3.63, 3.8) is 0 Å². The summed E-state index contributed by atoms with van der Waals surface area (Å²) in [5.74, 6) is 0.0275. The Balaban J connectivity index is 1.39. The lowest BCUT2D eigenvalue weighted by Crippen LogP contribution is -2.49. The van der Waals surface area contributed by atoms with E-state index in [1.165, 1.54) is 12.1 Å². The van der Waals surface area contributed by atoms with Crippen LogP contribution in [-0.2, 0) is 9.53 Å². The average molecular weight is 349 g/mol. The van der Waals surface area contributed by atoms with Gasteiger partial charge in [0.2, 0.25) is 5.91 Å². The maximum absolute atomic E-state index is 13.0. The fourth-order valence-electron chi connectivity index (χ4n) is 3.65. The van der Waals surface area contributed by atoms with Gasteiger partial charge in [-0.05, 0) is 37.1 Å². The molecule has 5 nitrogen and oxygen atoms in total. The van der Waals surface area contributed by atoms with Crippen LogP contribution in [0.25, 0.3) is 0 Å². The summed E-state index contributed by atoms with van der Waals surface area (Å²) in [6.07, 6.45) is 3.09. The predicted molar refractivity (Wildman–Crippen MR) is 96.3 cm³/mol. The largest absolute Gasteiger partial charge is 0.381 e. The van der Waals surface area contributed by atoms with Crippen molar-refractivity contribution in [2.45, 2.75) is 25.4 Å². The predicted octanol–water partition coefficient (Wildman–Crippen LogP) is 1.98. The van der Waals surface area contributed by atoms with E-state index in [-0.39, 0.29) is 11.7 Å². The number of ether oxygens (including phenoxy) is 1. The Hall–Kier alpha value is -1.66. The molecule has 3 rings (SSSR count). The molecule has 0 bridgehead atoms. The molecular weight excluding hydrogens is 321 g/mol. The lowest BCUT2D eigenvalue weighted by atomic mass is 10.1. The first-order valence-corrected chi connectivity index (χ1v) is 9.19. The standard InChI is InChI=1S/C19H28FN3O2/c1-25-18-6-9-21(10-7-18)11-8-19(24)23-14-12-22(13-15-23)17-4-2-16(20)3-5-17/h2-5,18H,6-15H2,1H3. The number of halogens is 1. The molecule has 1 aromatic rings. The molecule has 0 N–H and O–H groups in total. The first-order valence-electron chi connectivity index (χ1n) is 9.19. The summed E-state index contributed by atoms with van der Waals surface area (Å²) in [7, 11) is 1.77. The van der Waals surface area contributed by atoms with Gasteiger partial charge in [0, 0.05) is 65.0 Å². The zero-order valence-corrected chi connectivity index (χ0v) is 15.0. The number of carbonyl (C=O) groups excluding carboxylic acids is 1. The summed E-state index contributed by atoms with van der Waals surface area (Å²) in [5, 5.41) is 0. The van der Waals surface area contributed by atoms with E-state index in [0.29, 0.717) is 12.5 Å². The Bertz CT molecular complexity index is 550. The average Bonchev–Trinajstić information content (AvgIpc) is 2.67. The molecule has 2 aliphatic rings. The summed E-state index contributed by atoms with van der Waals surface area (Å²) in [6, 6.07) is 6.58. The molecule has 2 aliphatic heterocycles. The highest BCUT2D eigenvalue weighted by Gasteiger charge is 2.23. The van der Waals surface area contributed by atoms with Crippen molar-refractivity contribution in [3.05, 3.63) is 30.1 Å². The van der Waals surface area contributed by atoms with Crippen LogP contribution in [0, 0.1) is 5.82 Å². The number of anilines is 1. The number of benzene rings is 1. The Kier molecular flexibility index (Phi) is 6.26. The number of amides is 1. The minimum absolute atomic E-state index is 0.216. The van der Waals surface area contributed by atoms with Crippen molar-refractivity contribution in [1.29, 1.82) is 0 Å². The van der Waals surface area contributed by atoms with Crippen molar-refractivity contribution in [1.82, 2.24) is 9.80 Å². The molecule has 0 aromatic heterocycles. The number of piperazine rings is 1. The number of likely N-dealkylation sites (tertiary alicyclic amines) is 1. The molecule has 0 atom stereocenters. The van der Waals surface area contributed by atoms with Crippen LogP contribution in [0.4, 0.5) is 10.1 Å². The molecule has 6 heteroatoms. The van der Waals surface area contributed by atoms with Crippen LogP contribution in [0.15, 0.2) is 24.3 Å². The maximum atomic E-state index is 13.0. The topological polar surface area (TPSA) is 36.0 Å². The molecule has 0 spiro atoms. The third-order valence-electron chi connectivity index (χ3n) is 5.33. The minimum Gasteiger partial charge on any atom is -0.381 e. The van der Waals surface area contributed by atoms with Gasteiger partial charge in [0.25, 0.3) is 0 Å². The van der Waals surface area contributed by atoms with Crippen molar-refractivity contribution in [2.24, 2.45) is 0 Å². The van der Waals surface area contributed by atoms with Crippen LogP contribution in [0.2, 0.25) is 0 Å². The van der Waals surface area contributed by atoms with Crippen LogP contribution < -0.4 is 4.90 Å². The van der Waals surface area contributed by atoms with E-state index in [1.54, 1.807) is 19.2 Å². The summed E-state index contributed by atoms with van der Waals surface area (Å²) >= 11 is 0. The molecule has 1 aromatic carbocycles. The highest BCUT2D eigenvalue weighted by Crippen LogP contribution is 2.18. The number of hydrogen-bond donors (Lipinski definition) is 0. The highest BCUT2D eigenvalue weighted by molar-refractivity contribution is 5.76. The van der Waals surface area contributed by atoms with Crippen molar-refractivity contribution in [3.8, 4) is 0 Å². The van der Waals surface area contributed by atoms with Crippen LogP contribution in [0.3, 0.4) is 0 Å². The third kappa shape index (κ3) is 4.92. The second kappa shape index (κ2) is 8.63. The zero-order chi connectivity index (χ0) is 17.6. The number of piperidine rings is 1. The monoisotopic (exact) mass is 349 g/mol. The SMILES string of the molecule is COC1CCN(CCC(=O)N2CCN(c3ccc(F)cc3)CC2)CC1. The van der Waals surface area contributed by atoms with Crippen LogP contribution in [-0.4, -0.2) is 74.7 Å². The van der Waals surface area contributed by atoms with Gasteiger partial charge < -0.3 is 19.4 Å². The molecule has 2 fully saturated rings. The lowest BCUT2D eigenvalue weighted by Gasteiger charge is -2.37. The molecule has 1 amide bonds. The molecule has 2 saturated heterocycles. The number of hydrogen-bond acceptors (Lipinski definition) is 4. The van der Waals surface area contributed by atoms with E-state index in [4.69, 9.17) is 4.74 Å². The normalized spacial score (nSPS) is 20.1. The minimum atomic E-state index is -0.216. The first-order chi connectivity index (χ1) is 12.2. The van der Waals surface area contributed by atoms with Crippen LogP contribution in [0.5, 0.6) is 0 Å². The van der Waals surface area contributed by atoms with Crippen molar-refractivity contribution >= 4 is 11.6 Å². The maximum Gasteiger partial charge on any atom is 0.223 e. The van der Waals surface area contributed by atoms with Gasteiger partial charge in [-0.3, -0.25) is 4.79 Å². The van der Waals surface area contributed by atoms with Gasteiger partial charge in [-0.2, -0.15) is 0 Å². The summed E-state index contributed by atoms with van der Waals surface area (Å²) in [6.45, 7) is 5.96. The highest BCUT2D eigenvalue weighted by atomic mass is 19.1. The smallest absolute Gasteiger partial charge is 0.223 e. The second-order valence-corrected chi connectivity index (χ2v) is 6.87. The van der Waals surface area contributed by atoms with E-state index >= 15 is 0 Å². The van der Waals surface area contributed by atoms with E-state index in [9.17, 15) is 9.18 Å². The van der Waals surface area contributed by atoms with E-state index in [2.05, 4.69) is 9.80 Å². The molecule has 0 saturated carbocycles. The van der Waals surface area contributed by atoms with Crippen molar-refractivity contribution < 1.29 is 13.9 Å². The van der Waals surface area contributed by atoms with E-state index in [0.717, 1.165) is 64.3 Å². The molecule has 25 heavy (non-hydrogen) atoms. The van der Waals surface area contributed by atoms with Crippen LogP contribution in [0.1, 0.15) is 19.3 Å². The zero-order valence-electron chi connectivity index (χ0n) is 15.0. The van der Waals surface area contributed by atoms with E-state index in [1.807, 2.05) is 4.90 Å². The fraction of sp³-hybridized carbons (Fsp3) is 0.632. The number of rotatable bonds is 5. The first kappa shape index (κ1) is 18.1. The molecular formula is C19H28FN3O2. The third-order valence-corrected chi connectivity index (χ3v) is 5.33. The molecule has 0 unspecified atom stereocenters. The summed E-state index contributed by atoms with van der Waals surface area (Å²) in [4.78, 5) is 19.0. The number of nitrogens with zero attached hydrogens (tertiary/aromatic N) is 3. The lowest BCUT2D eigenvalue weighted by molar-refractivity contribution is -0.131. The van der Waals surface area contributed by atoms with Gasteiger partial charge in [0.15, 0.2) is 0 Å². The van der Waals surface area contributed by atoms with Gasteiger partial charge in [0.1, 0.15) is 5.82 Å². The van der Waals surface area contributed by atoms with Crippen molar-refractivity contribution in [2.75, 3.05) is 57.8 Å². The van der Waals surface area contributed by atoms with E-state index < -0.39 is 0 Å².